The molecule has 0 aliphatic carbocycles. The Morgan fingerprint density at radius 2 is 2.33 bits per heavy atom. The summed E-state index contributed by atoms with van der Waals surface area (Å²) in [5.74, 6) is 1.76. The van der Waals surface area contributed by atoms with Crippen LogP contribution in [0.15, 0.2) is 24.0 Å². The largest absolute Gasteiger partial charge is 0.337 e. The van der Waals surface area contributed by atoms with Crippen molar-refractivity contribution >= 4 is 11.3 Å². The summed E-state index contributed by atoms with van der Waals surface area (Å²) in [4.78, 5) is 11.4. The Balaban J connectivity index is 1.66. The lowest BCUT2D eigenvalue weighted by molar-refractivity contribution is 0.194. The fourth-order valence-electron chi connectivity index (χ4n) is 2.59. The number of imidazole rings is 1. The van der Waals surface area contributed by atoms with Crippen LogP contribution in [0.4, 0.5) is 0 Å². The van der Waals surface area contributed by atoms with Crippen LogP contribution in [-0.4, -0.2) is 32.5 Å². The molecule has 0 aromatic carbocycles. The monoisotopic (exact) mass is 262 g/mol. The number of aryl methyl sites for hydroxylation is 1. The SMILES string of the molecule is Cn1ccnc1CN1CCC[C@@H](c2nccs2)C1. The van der Waals surface area contributed by atoms with Gasteiger partial charge in [-0.3, -0.25) is 4.90 Å². The van der Waals surface area contributed by atoms with Crippen LogP contribution < -0.4 is 0 Å². The van der Waals surface area contributed by atoms with Crippen molar-refractivity contribution in [2.24, 2.45) is 7.05 Å². The van der Waals surface area contributed by atoms with Crippen LogP contribution >= 0.6 is 11.3 Å². The minimum absolute atomic E-state index is 0.610. The van der Waals surface area contributed by atoms with E-state index >= 15 is 0 Å². The van der Waals surface area contributed by atoms with Crippen molar-refractivity contribution in [2.75, 3.05) is 13.1 Å². The summed E-state index contributed by atoms with van der Waals surface area (Å²) in [5.41, 5.74) is 0. The van der Waals surface area contributed by atoms with E-state index in [9.17, 15) is 0 Å². The van der Waals surface area contributed by atoms with E-state index in [0.717, 1.165) is 18.9 Å². The minimum Gasteiger partial charge on any atom is -0.337 e. The zero-order valence-corrected chi connectivity index (χ0v) is 11.4. The van der Waals surface area contributed by atoms with Gasteiger partial charge in [0.2, 0.25) is 0 Å². The molecule has 0 unspecified atom stereocenters. The van der Waals surface area contributed by atoms with E-state index in [0.29, 0.717) is 5.92 Å². The van der Waals surface area contributed by atoms with Crippen LogP contribution in [0.3, 0.4) is 0 Å². The Labute approximate surface area is 111 Å². The zero-order valence-electron chi connectivity index (χ0n) is 10.6. The first-order chi connectivity index (χ1) is 8.83. The van der Waals surface area contributed by atoms with Crippen LogP contribution in [0, 0.1) is 0 Å². The van der Waals surface area contributed by atoms with Crippen molar-refractivity contribution in [2.45, 2.75) is 25.3 Å². The zero-order chi connectivity index (χ0) is 12.4. The van der Waals surface area contributed by atoms with Crippen LogP contribution in [0.1, 0.15) is 29.6 Å². The van der Waals surface area contributed by atoms with Gasteiger partial charge in [0, 0.05) is 43.5 Å². The number of likely N-dealkylation sites (tertiary alicyclic amines) is 1. The first-order valence-corrected chi connectivity index (χ1v) is 7.29. The fourth-order valence-corrected chi connectivity index (χ4v) is 3.35. The third kappa shape index (κ3) is 2.47. The lowest BCUT2D eigenvalue weighted by Crippen LogP contribution is -2.34. The molecule has 0 N–H and O–H groups in total. The molecule has 1 saturated heterocycles. The average molecular weight is 262 g/mol. The highest BCUT2D eigenvalue weighted by atomic mass is 32.1. The van der Waals surface area contributed by atoms with E-state index in [1.165, 1.54) is 24.4 Å². The molecular weight excluding hydrogens is 244 g/mol. The molecule has 0 radical (unpaired) electrons. The second-order valence-corrected chi connectivity index (χ2v) is 5.83. The predicted octanol–water partition coefficient (Wildman–Crippen LogP) is 2.26. The molecule has 4 nitrogen and oxygen atoms in total. The topological polar surface area (TPSA) is 34.0 Å². The van der Waals surface area contributed by atoms with E-state index in [1.54, 1.807) is 11.3 Å². The van der Waals surface area contributed by atoms with E-state index in [-0.39, 0.29) is 0 Å². The highest BCUT2D eigenvalue weighted by Gasteiger charge is 2.23. The molecule has 1 atom stereocenters. The highest BCUT2D eigenvalue weighted by Crippen LogP contribution is 2.28. The Hall–Kier alpha value is -1.20. The predicted molar refractivity (Wildman–Crippen MR) is 72.6 cm³/mol. The maximum absolute atomic E-state index is 4.46. The Kier molecular flexibility index (Phi) is 3.43. The molecule has 1 aliphatic rings. The number of aromatic nitrogens is 3. The second kappa shape index (κ2) is 5.20. The lowest BCUT2D eigenvalue weighted by Gasteiger charge is -2.31. The molecule has 18 heavy (non-hydrogen) atoms. The number of hydrogen-bond acceptors (Lipinski definition) is 4. The molecule has 0 saturated carbocycles. The van der Waals surface area contributed by atoms with Crippen molar-refractivity contribution in [1.29, 1.82) is 0 Å². The minimum atomic E-state index is 0.610. The summed E-state index contributed by atoms with van der Waals surface area (Å²) in [6.45, 7) is 3.24. The Morgan fingerprint density at radius 1 is 1.39 bits per heavy atom. The molecule has 1 fully saturated rings. The molecule has 2 aromatic heterocycles. The van der Waals surface area contributed by atoms with Gasteiger partial charge in [0.25, 0.3) is 0 Å². The molecule has 1 aliphatic heterocycles. The Morgan fingerprint density at radius 3 is 3.06 bits per heavy atom. The molecule has 5 heteroatoms. The normalized spacial score (nSPS) is 21.3. The van der Waals surface area contributed by atoms with Crippen LogP contribution in [0.5, 0.6) is 0 Å². The third-order valence-corrected chi connectivity index (χ3v) is 4.53. The number of rotatable bonds is 3. The smallest absolute Gasteiger partial charge is 0.122 e. The van der Waals surface area contributed by atoms with Gasteiger partial charge in [0.05, 0.1) is 11.6 Å². The number of hydrogen-bond donors (Lipinski definition) is 0. The second-order valence-electron chi connectivity index (χ2n) is 4.90. The van der Waals surface area contributed by atoms with Gasteiger partial charge in [-0.05, 0) is 19.4 Å². The maximum Gasteiger partial charge on any atom is 0.122 e. The third-order valence-electron chi connectivity index (χ3n) is 3.59. The summed E-state index contributed by atoms with van der Waals surface area (Å²) in [7, 11) is 2.06. The molecule has 96 valence electrons. The molecular formula is C13H18N4S. The first-order valence-electron chi connectivity index (χ1n) is 6.41. The first kappa shape index (κ1) is 11.9. The summed E-state index contributed by atoms with van der Waals surface area (Å²) in [6.07, 6.45) is 8.33. The molecule has 0 amide bonds. The average Bonchev–Trinajstić information content (AvgIpc) is 3.02. The maximum atomic E-state index is 4.46. The van der Waals surface area contributed by atoms with Gasteiger partial charge < -0.3 is 4.57 Å². The fraction of sp³-hybridized carbons (Fsp3) is 0.538. The highest BCUT2D eigenvalue weighted by molar-refractivity contribution is 7.09. The summed E-state index contributed by atoms with van der Waals surface area (Å²) in [5, 5.41) is 3.37. The molecule has 0 spiro atoms. The van der Waals surface area contributed by atoms with Gasteiger partial charge in [-0.1, -0.05) is 0 Å². The number of thiazole rings is 1. The number of nitrogens with zero attached hydrogens (tertiary/aromatic N) is 4. The van der Waals surface area contributed by atoms with Gasteiger partial charge >= 0.3 is 0 Å². The van der Waals surface area contributed by atoms with Gasteiger partial charge in [-0.25, -0.2) is 9.97 Å². The molecule has 2 aromatic rings. The van der Waals surface area contributed by atoms with Crippen LogP contribution in [0.25, 0.3) is 0 Å². The van der Waals surface area contributed by atoms with Gasteiger partial charge in [-0.2, -0.15) is 0 Å². The van der Waals surface area contributed by atoms with Gasteiger partial charge in [0.15, 0.2) is 0 Å². The lowest BCUT2D eigenvalue weighted by atomic mass is 9.99. The van der Waals surface area contributed by atoms with Crippen molar-refractivity contribution in [3.8, 4) is 0 Å². The molecule has 3 rings (SSSR count). The number of piperidine rings is 1. The standard InChI is InChI=1S/C13H18N4S/c1-16-7-4-14-12(16)10-17-6-2-3-11(9-17)13-15-5-8-18-13/h4-5,7-8,11H,2-3,6,9-10H2,1H3/t11-/m1/s1. The van der Waals surface area contributed by atoms with E-state index in [4.69, 9.17) is 0 Å². The van der Waals surface area contributed by atoms with Crippen LogP contribution in [-0.2, 0) is 13.6 Å². The van der Waals surface area contributed by atoms with E-state index < -0.39 is 0 Å². The van der Waals surface area contributed by atoms with Crippen molar-refractivity contribution in [3.05, 3.63) is 34.8 Å². The molecule has 3 heterocycles. The van der Waals surface area contributed by atoms with Crippen LogP contribution in [0.2, 0.25) is 0 Å². The summed E-state index contributed by atoms with van der Waals surface area (Å²) < 4.78 is 2.10. The summed E-state index contributed by atoms with van der Waals surface area (Å²) >= 11 is 1.78. The van der Waals surface area contributed by atoms with Crippen molar-refractivity contribution < 1.29 is 0 Å². The van der Waals surface area contributed by atoms with Gasteiger partial charge in [0.1, 0.15) is 5.82 Å². The quantitative estimate of drug-likeness (QED) is 0.851. The van der Waals surface area contributed by atoms with E-state index in [1.807, 2.05) is 18.6 Å². The summed E-state index contributed by atoms with van der Waals surface area (Å²) in [6, 6.07) is 0. The van der Waals surface area contributed by atoms with Crippen molar-refractivity contribution in [3.63, 3.8) is 0 Å². The Bertz CT molecular complexity index is 491. The van der Waals surface area contributed by atoms with E-state index in [2.05, 4.69) is 31.9 Å². The molecule has 0 bridgehead atoms. The van der Waals surface area contributed by atoms with Crippen molar-refractivity contribution in [1.82, 2.24) is 19.4 Å². The van der Waals surface area contributed by atoms with Gasteiger partial charge in [-0.15, -0.1) is 11.3 Å².